The predicted molar refractivity (Wildman–Crippen MR) is 133 cm³/mol. The van der Waals surface area contributed by atoms with E-state index in [-0.39, 0.29) is 4.91 Å². The van der Waals surface area contributed by atoms with Crippen molar-refractivity contribution in [1.29, 1.82) is 0 Å². The Hall–Kier alpha value is -3.40. The van der Waals surface area contributed by atoms with Crippen LogP contribution in [-0.2, 0) is 9.59 Å². The molecule has 0 saturated carbocycles. The van der Waals surface area contributed by atoms with Gasteiger partial charge in [-0.15, -0.1) is 0 Å². The second-order valence-electron chi connectivity index (χ2n) is 7.50. The van der Waals surface area contributed by atoms with Crippen LogP contribution in [0.4, 0.5) is 10.5 Å². The maximum Gasteiger partial charge on any atom is 0.294 e. The minimum atomic E-state index is -0.584. The average molecular weight is 531 g/mol. The van der Waals surface area contributed by atoms with E-state index in [0.29, 0.717) is 57.5 Å². The van der Waals surface area contributed by atoms with Crippen LogP contribution in [0.15, 0.2) is 57.9 Å². The molecule has 0 radical (unpaired) electrons. The Morgan fingerprint density at radius 3 is 2.63 bits per heavy atom. The minimum absolute atomic E-state index is 0.144. The summed E-state index contributed by atoms with van der Waals surface area (Å²) in [6.07, 6.45) is 1.46. The fourth-order valence-electron chi connectivity index (χ4n) is 3.50. The fourth-order valence-corrected chi connectivity index (χ4v) is 4.82. The van der Waals surface area contributed by atoms with Crippen molar-refractivity contribution in [3.8, 4) is 22.8 Å². The smallest absolute Gasteiger partial charge is 0.294 e. The van der Waals surface area contributed by atoms with E-state index in [0.717, 1.165) is 16.7 Å². The molecule has 1 aromatic heterocycles. The number of carbonyl (C=O) groups excluding carboxylic acids is 3. The van der Waals surface area contributed by atoms with Gasteiger partial charge in [-0.05, 0) is 54.2 Å². The molecule has 1 fully saturated rings. The van der Waals surface area contributed by atoms with Gasteiger partial charge in [0.2, 0.25) is 5.91 Å². The van der Waals surface area contributed by atoms with E-state index in [4.69, 9.17) is 37.1 Å². The molecule has 1 saturated heterocycles. The predicted octanol–water partition coefficient (Wildman–Crippen LogP) is 5.70. The number of anilines is 1. The van der Waals surface area contributed by atoms with Gasteiger partial charge in [0.15, 0.2) is 11.5 Å². The van der Waals surface area contributed by atoms with Crippen molar-refractivity contribution in [2.75, 3.05) is 25.1 Å². The molecule has 178 valence electrons. The van der Waals surface area contributed by atoms with Gasteiger partial charge in [0.25, 0.3) is 11.1 Å². The van der Waals surface area contributed by atoms with Crippen LogP contribution >= 0.6 is 35.0 Å². The van der Waals surface area contributed by atoms with Crippen LogP contribution in [0.3, 0.4) is 0 Å². The highest BCUT2D eigenvalue weighted by atomic mass is 35.5. The summed E-state index contributed by atoms with van der Waals surface area (Å²) in [6, 6.07) is 13.3. The molecule has 5 rings (SSSR count). The van der Waals surface area contributed by atoms with Crippen molar-refractivity contribution < 1.29 is 28.3 Å². The third-order valence-corrected chi connectivity index (χ3v) is 6.55. The summed E-state index contributed by atoms with van der Waals surface area (Å²) < 4.78 is 16.7. The number of hydrogen-bond donors (Lipinski definition) is 1. The number of hydrogen-bond acceptors (Lipinski definition) is 7. The van der Waals surface area contributed by atoms with Crippen LogP contribution < -0.4 is 14.8 Å². The molecule has 3 heterocycles. The van der Waals surface area contributed by atoms with Gasteiger partial charge in [0.1, 0.15) is 31.3 Å². The number of thioether (sulfide) groups is 1. The van der Waals surface area contributed by atoms with Gasteiger partial charge in [-0.1, -0.05) is 23.2 Å². The number of carbonyl (C=O) groups is 3. The summed E-state index contributed by atoms with van der Waals surface area (Å²) in [5.74, 6) is 0.835. The van der Waals surface area contributed by atoms with Crippen molar-refractivity contribution >= 4 is 63.8 Å². The Balaban J connectivity index is 1.26. The number of rotatable bonds is 5. The fraction of sp³-hybridized carbons (Fsp3) is 0.125. The number of nitrogens with one attached hydrogen (secondary N) is 1. The highest BCUT2D eigenvalue weighted by Gasteiger charge is 2.36. The lowest BCUT2D eigenvalue weighted by Crippen LogP contribution is -2.36. The van der Waals surface area contributed by atoms with Crippen molar-refractivity contribution in [3.05, 3.63) is 69.2 Å². The van der Waals surface area contributed by atoms with E-state index in [9.17, 15) is 14.4 Å². The molecule has 1 N–H and O–H groups in total. The molecule has 0 unspecified atom stereocenters. The number of ether oxygens (including phenoxy) is 2. The van der Waals surface area contributed by atoms with Crippen LogP contribution in [-0.4, -0.2) is 41.7 Å². The van der Waals surface area contributed by atoms with E-state index in [2.05, 4.69) is 5.32 Å². The normalized spacial score (nSPS) is 16.2. The zero-order chi connectivity index (χ0) is 24.5. The Morgan fingerprint density at radius 2 is 1.83 bits per heavy atom. The molecule has 35 heavy (non-hydrogen) atoms. The van der Waals surface area contributed by atoms with Crippen molar-refractivity contribution in [2.45, 2.75) is 0 Å². The zero-order valence-electron chi connectivity index (χ0n) is 17.9. The Bertz CT molecular complexity index is 1390. The Labute approximate surface area is 213 Å². The molecular formula is C24H16Cl2N2O6S. The first-order valence-electron chi connectivity index (χ1n) is 10.4. The van der Waals surface area contributed by atoms with Crippen LogP contribution in [0.2, 0.25) is 10.0 Å². The lowest BCUT2D eigenvalue weighted by atomic mass is 10.2. The van der Waals surface area contributed by atoms with E-state index in [1.165, 1.54) is 6.08 Å². The van der Waals surface area contributed by atoms with Crippen LogP contribution in [0.1, 0.15) is 5.76 Å². The van der Waals surface area contributed by atoms with Gasteiger partial charge in [0.05, 0.1) is 9.93 Å². The summed E-state index contributed by atoms with van der Waals surface area (Å²) in [4.78, 5) is 38.7. The quantitative estimate of drug-likeness (QED) is 0.422. The molecule has 2 aromatic carbocycles. The summed E-state index contributed by atoms with van der Waals surface area (Å²) >= 11 is 12.9. The van der Waals surface area contributed by atoms with Gasteiger partial charge < -0.3 is 19.2 Å². The molecule has 0 atom stereocenters. The largest absolute Gasteiger partial charge is 0.486 e. The van der Waals surface area contributed by atoms with E-state index in [1.807, 2.05) is 0 Å². The van der Waals surface area contributed by atoms with E-state index >= 15 is 0 Å². The average Bonchev–Trinajstić information content (AvgIpc) is 3.39. The van der Waals surface area contributed by atoms with E-state index in [1.54, 1.807) is 48.5 Å². The number of amides is 3. The number of fused-ring (bicyclic) bond motifs is 1. The summed E-state index contributed by atoms with van der Waals surface area (Å²) in [5.41, 5.74) is 1.10. The molecule has 0 aliphatic carbocycles. The zero-order valence-corrected chi connectivity index (χ0v) is 20.2. The van der Waals surface area contributed by atoms with Gasteiger partial charge in [-0.25, -0.2) is 0 Å². The lowest BCUT2D eigenvalue weighted by Gasteiger charge is -2.19. The van der Waals surface area contributed by atoms with Crippen LogP contribution in [0.25, 0.3) is 17.4 Å². The highest BCUT2D eigenvalue weighted by Crippen LogP contribution is 2.36. The van der Waals surface area contributed by atoms with E-state index < -0.39 is 23.6 Å². The van der Waals surface area contributed by atoms with Gasteiger partial charge in [-0.3, -0.25) is 19.3 Å². The first-order valence-corrected chi connectivity index (χ1v) is 11.9. The lowest BCUT2D eigenvalue weighted by molar-refractivity contribution is -0.127. The maximum absolute atomic E-state index is 12.8. The van der Waals surface area contributed by atoms with Gasteiger partial charge >= 0.3 is 0 Å². The number of nitrogens with zero attached hydrogens (tertiary/aromatic N) is 1. The third kappa shape index (κ3) is 5.02. The van der Waals surface area contributed by atoms with Crippen molar-refractivity contribution in [1.82, 2.24) is 4.90 Å². The second kappa shape index (κ2) is 9.69. The third-order valence-electron chi connectivity index (χ3n) is 5.10. The minimum Gasteiger partial charge on any atom is -0.486 e. The Morgan fingerprint density at radius 1 is 1.03 bits per heavy atom. The summed E-state index contributed by atoms with van der Waals surface area (Å²) in [6.45, 7) is 0.442. The monoisotopic (exact) mass is 530 g/mol. The second-order valence-corrected chi connectivity index (χ2v) is 9.34. The molecule has 0 bridgehead atoms. The first kappa shape index (κ1) is 23.3. The molecule has 11 heteroatoms. The van der Waals surface area contributed by atoms with Crippen LogP contribution in [0.5, 0.6) is 11.5 Å². The number of halogens is 2. The maximum atomic E-state index is 12.8. The molecule has 2 aliphatic rings. The standard InChI is InChI=1S/C24H16Cl2N2O6S/c25-13-1-4-16(17(26)9-13)18-6-3-15(34-18)11-21-23(30)28(24(31)35-21)12-22(29)27-14-2-5-19-20(10-14)33-8-7-32-19/h1-6,9-11H,7-8,12H2,(H,27,29)/b21-11+. The highest BCUT2D eigenvalue weighted by molar-refractivity contribution is 8.18. The van der Waals surface area contributed by atoms with Crippen molar-refractivity contribution in [3.63, 3.8) is 0 Å². The van der Waals surface area contributed by atoms with Crippen LogP contribution in [0, 0.1) is 0 Å². The molecular weight excluding hydrogens is 515 g/mol. The molecule has 2 aliphatic heterocycles. The topological polar surface area (TPSA) is 98.1 Å². The SMILES string of the molecule is O=C(CN1C(=O)S/C(=C/c2ccc(-c3ccc(Cl)cc3Cl)o2)C1=O)Nc1ccc2c(c1)OCCO2. The first-order chi connectivity index (χ1) is 16.9. The molecule has 0 spiro atoms. The molecule has 8 nitrogen and oxygen atoms in total. The Kier molecular flexibility index (Phi) is 6.46. The van der Waals surface area contributed by atoms with Gasteiger partial charge in [0, 0.05) is 28.4 Å². The number of imide groups is 1. The number of benzene rings is 2. The summed E-state index contributed by atoms with van der Waals surface area (Å²) in [5, 5.41) is 3.03. The molecule has 3 aromatic rings. The van der Waals surface area contributed by atoms with Gasteiger partial charge in [-0.2, -0.15) is 0 Å². The molecule has 3 amide bonds. The summed E-state index contributed by atoms with van der Waals surface area (Å²) in [7, 11) is 0. The number of furan rings is 1. The van der Waals surface area contributed by atoms with Crippen molar-refractivity contribution in [2.24, 2.45) is 0 Å².